The summed E-state index contributed by atoms with van der Waals surface area (Å²) in [6, 6.07) is 0. The molecule has 2 atom stereocenters. The van der Waals surface area contributed by atoms with Crippen LogP contribution in [0.2, 0.25) is 0 Å². The minimum Gasteiger partial charge on any atom is -0.244 e. The Balaban J connectivity index is 4.18. The predicted octanol–water partition coefficient (Wildman–Crippen LogP) is 3.14. The van der Waals surface area contributed by atoms with E-state index in [1.165, 1.54) is 0 Å². The van der Waals surface area contributed by atoms with Gasteiger partial charge in [-0.2, -0.15) is 0 Å². The average Bonchev–Trinajstić information content (AvgIpc) is 2.01. The summed E-state index contributed by atoms with van der Waals surface area (Å²) in [5.41, 5.74) is 0. The highest BCUT2D eigenvalue weighted by Crippen LogP contribution is 2.30. The Labute approximate surface area is 71.2 Å². The van der Waals surface area contributed by atoms with E-state index >= 15 is 0 Å². The highest BCUT2D eigenvalue weighted by molar-refractivity contribution is 4.88. The van der Waals surface area contributed by atoms with E-state index in [0.29, 0.717) is 6.08 Å². The Morgan fingerprint density at radius 1 is 1.15 bits per heavy atom. The number of hydrogen-bond acceptors (Lipinski definition) is 0. The maximum atomic E-state index is 12.4. The van der Waals surface area contributed by atoms with Gasteiger partial charge in [-0.3, -0.25) is 0 Å². The Bertz CT molecular complexity index is 166. The van der Waals surface area contributed by atoms with E-state index in [2.05, 4.69) is 6.58 Å². The van der Waals surface area contributed by atoms with Crippen LogP contribution in [0.15, 0.2) is 12.7 Å². The molecule has 0 aliphatic heterocycles. The van der Waals surface area contributed by atoms with Crippen molar-refractivity contribution in [3.05, 3.63) is 12.7 Å². The first kappa shape index (κ1) is 12.3. The van der Waals surface area contributed by atoms with Gasteiger partial charge in [-0.25, -0.2) is 26.3 Å². The van der Waals surface area contributed by atoms with Crippen molar-refractivity contribution < 1.29 is 26.3 Å². The van der Waals surface area contributed by atoms with Crippen molar-refractivity contribution in [2.24, 2.45) is 0 Å². The van der Waals surface area contributed by atoms with Gasteiger partial charge in [0.15, 0.2) is 0 Å². The van der Waals surface area contributed by atoms with Crippen LogP contribution in [0.3, 0.4) is 0 Å². The summed E-state index contributed by atoms with van der Waals surface area (Å²) < 4.78 is 71.8. The number of halogens is 6. The van der Waals surface area contributed by atoms with Crippen molar-refractivity contribution in [1.82, 2.24) is 0 Å². The molecular weight excluding hydrogens is 198 g/mol. The molecule has 2 unspecified atom stereocenters. The molecule has 0 saturated heterocycles. The van der Waals surface area contributed by atoms with Gasteiger partial charge in [0.05, 0.1) is 6.42 Å². The van der Waals surface area contributed by atoms with Gasteiger partial charge in [0.25, 0.3) is 0 Å². The summed E-state index contributed by atoms with van der Waals surface area (Å²) in [6.45, 7) is 2.81. The molecule has 13 heavy (non-hydrogen) atoms. The lowest BCUT2D eigenvalue weighted by atomic mass is 10.1. The van der Waals surface area contributed by atoms with Gasteiger partial charge in [-0.1, -0.05) is 6.08 Å². The molecule has 0 aromatic heterocycles. The van der Waals surface area contributed by atoms with Crippen LogP contribution in [0.1, 0.15) is 6.42 Å². The molecule has 0 rings (SSSR count). The van der Waals surface area contributed by atoms with Crippen LogP contribution in [0.25, 0.3) is 0 Å². The van der Waals surface area contributed by atoms with Crippen LogP contribution in [-0.4, -0.2) is 24.7 Å². The fourth-order valence-corrected chi connectivity index (χ4v) is 0.609. The fraction of sp³-hybridized carbons (Fsp3) is 0.714. The Morgan fingerprint density at radius 3 is 1.92 bits per heavy atom. The number of rotatable bonds is 5. The molecular formula is C7H8F6. The molecule has 0 N–H and O–H groups in total. The van der Waals surface area contributed by atoms with Crippen molar-refractivity contribution in [3.8, 4) is 0 Å². The first-order valence-corrected chi connectivity index (χ1v) is 3.38. The Hall–Kier alpha value is -0.680. The fourth-order valence-electron chi connectivity index (χ4n) is 0.609. The molecule has 0 fully saturated rings. The molecule has 0 heterocycles. The van der Waals surface area contributed by atoms with Gasteiger partial charge >= 0.3 is 12.3 Å². The second-order valence-corrected chi connectivity index (χ2v) is 2.46. The molecule has 0 radical (unpaired) electrons. The number of allylic oxidation sites excluding steroid dienone is 1. The highest BCUT2D eigenvalue weighted by atomic mass is 19.3. The average molecular weight is 206 g/mol. The standard InChI is InChI=1S/C7H8F6/c1-2-4(8)5(9)3-7(12,13)6(10)11/h2,4-6H,1,3H2. The topological polar surface area (TPSA) is 0 Å². The summed E-state index contributed by atoms with van der Waals surface area (Å²) in [7, 11) is 0. The van der Waals surface area contributed by atoms with Gasteiger partial charge in [0.1, 0.15) is 12.3 Å². The molecule has 0 nitrogen and oxygen atoms in total. The summed E-state index contributed by atoms with van der Waals surface area (Å²) in [6.07, 6.45) is -10.4. The second kappa shape index (κ2) is 4.53. The first-order valence-electron chi connectivity index (χ1n) is 3.38. The molecule has 0 aliphatic rings. The van der Waals surface area contributed by atoms with Crippen molar-refractivity contribution in [3.63, 3.8) is 0 Å². The summed E-state index contributed by atoms with van der Waals surface area (Å²) >= 11 is 0. The quantitative estimate of drug-likeness (QED) is 0.478. The van der Waals surface area contributed by atoms with Crippen LogP contribution < -0.4 is 0 Å². The molecule has 78 valence electrons. The second-order valence-electron chi connectivity index (χ2n) is 2.46. The maximum absolute atomic E-state index is 12.4. The smallest absolute Gasteiger partial charge is 0.244 e. The zero-order chi connectivity index (χ0) is 10.6. The lowest BCUT2D eigenvalue weighted by molar-refractivity contribution is -0.145. The van der Waals surface area contributed by atoms with Crippen LogP contribution in [0, 0.1) is 0 Å². The Kier molecular flexibility index (Phi) is 4.29. The largest absolute Gasteiger partial charge is 0.310 e. The van der Waals surface area contributed by atoms with E-state index in [9.17, 15) is 26.3 Å². The van der Waals surface area contributed by atoms with E-state index in [4.69, 9.17) is 0 Å². The van der Waals surface area contributed by atoms with Crippen LogP contribution >= 0.6 is 0 Å². The van der Waals surface area contributed by atoms with Crippen molar-refractivity contribution in [2.75, 3.05) is 0 Å². The van der Waals surface area contributed by atoms with Crippen LogP contribution in [0.5, 0.6) is 0 Å². The minimum atomic E-state index is -4.49. The lowest BCUT2D eigenvalue weighted by Crippen LogP contribution is -2.33. The molecule has 0 bridgehead atoms. The van der Waals surface area contributed by atoms with E-state index in [1.807, 2.05) is 0 Å². The zero-order valence-corrected chi connectivity index (χ0v) is 6.49. The van der Waals surface area contributed by atoms with Crippen molar-refractivity contribution >= 4 is 0 Å². The summed E-state index contributed by atoms with van der Waals surface area (Å²) in [4.78, 5) is 0. The minimum absolute atomic E-state index is 0.451. The van der Waals surface area contributed by atoms with E-state index in [-0.39, 0.29) is 0 Å². The van der Waals surface area contributed by atoms with Gasteiger partial charge in [-0.05, 0) is 0 Å². The van der Waals surface area contributed by atoms with Gasteiger partial charge in [0, 0.05) is 0 Å². The molecule has 0 aliphatic carbocycles. The molecule has 0 aromatic carbocycles. The van der Waals surface area contributed by atoms with Gasteiger partial charge in [-0.15, -0.1) is 6.58 Å². The van der Waals surface area contributed by atoms with Crippen molar-refractivity contribution in [2.45, 2.75) is 31.1 Å². The van der Waals surface area contributed by atoms with Crippen molar-refractivity contribution in [1.29, 1.82) is 0 Å². The highest BCUT2D eigenvalue weighted by Gasteiger charge is 2.44. The van der Waals surface area contributed by atoms with E-state index in [0.717, 1.165) is 0 Å². The van der Waals surface area contributed by atoms with Crippen LogP contribution in [-0.2, 0) is 0 Å². The third-order valence-corrected chi connectivity index (χ3v) is 1.36. The van der Waals surface area contributed by atoms with E-state index in [1.54, 1.807) is 0 Å². The molecule has 0 saturated carbocycles. The maximum Gasteiger partial charge on any atom is 0.310 e. The molecule has 0 amide bonds. The monoisotopic (exact) mass is 206 g/mol. The van der Waals surface area contributed by atoms with E-state index < -0.39 is 31.1 Å². The predicted molar refractivity (Wildman–Crippen MR) is 35.6 cm³/mol. The summed E-state index contributed by atoms with van der Waals surface area (Å²) in [5, 5.41) is 0. The van der Waals surface area contributed by atoms with Gasteiger partial charge in [0.2, 0.25) is 0 Å². The summed E-state index contributed by atoms with van der Waals surface area (Å²) in [5.74, 6) is -4.49. The van der Waals surface area contributed by atoms with Crippen LogP contribution in [0.4, 0.5) is 26.3 Å². The number of alkyl halides is 6. The van der Waals surface area contributed by atoms with Gasteiger partial charge < -0.3 is 0 Å². The third kappa shape index (κ3) is 3.69. The SMILES string of the molecule is C=CC(F)C(F)CC(F)(F)C(F)F. The molecule has 0 spiro atoms. The zero-order valence-electron chi connectivity index (χ0n) is 6.49. The molecule has 0 aromatic rings. The Morgan fingerprint density at radius 2 is 1.62 bits per heavy atom. The normalized spacial score (nSPS) is 17.2. The lowest BCUT2D eigenvalue weighted by Gasteiger charge is -2.18. The number of hydrogen-bond donors (Lipinski definition) is 0. The molecule has 6 heteroatoms. The third-order valence-electron chi connectivity index (χ3n) is 1.36. The first-order chi connectivity index (χ1) is 5.81.